The van der Waals surface area contributed by atoms with Gasteiger partial charge in [0, 0.05) is 41.3 Å². The topological polar surface area (TPSA) is 123 Å². The van der Waals surface area contributed by atoms with Crippen molar-refractivity contribution in [2.24, 2.45) is 0 Å². The average molecular weight is 453 g/mol. The van der Waals surface area contributed by atoms with E-state index in [1.54, 1.807) is 19.2 Å². The highest BCUT2D eigenvalue weighted by molar-refractivity contribution is 7.85. The van der Waals surface area contributed by atoms with E-state index < -0.39 is 16.4 Å². The number of benzene rings is 1. The van der Waals surface area contributed by atoms with Crippen LogP contribution in [0.25, 0.3) is 22.3 Å². The fraction of sp³-hybridized carbons (Fsp3) is 0.364. The molecule has 3 N–H and O–H groups in total. The number of aromatic nitrogens is 3. The first-order chi connectivity index (χ1) is 15.5. The third-order valence-corrected chi connectivity index (χ3v) is 7.47. The van der Waals surface area contributed by atoms with Crippen LogP contribution >= 0.6 is 0 Å². The molecule has 0 bridgehead atoms. The van der Waals surface area contributed by atoms with Gasteiger partial charge in [-0.3, -0.25) is 9.00 Å². The van der Waals surface area contributed by atoms with Crippen molar-refractivity contribution in [1.29, 1.82) is 0 Å². The molecule has 2 saturated heterocycles. The summed E-state index contributed by atoms with van der Waals surface area (Å²) in [4.78, 5) is 28.0. The standard InChI is InChI=1S/C22H24N6O3S/c1-24-20(29)15-4-2-3-14(11-15)17-6-5-16-18(23)26-21(27-19(16)25-17)28-8-9-31-22(12-28)7-10-32(30)13-22/h2-6,11H,7-10,12-13H2,1H3,(H,24,29)(H2,23,25,26,27)/t22-,32?/m1/s1. The van der Waals surface area contributed by atoms with Crippen molar-refractivity contribution in [3.8, 4) is 11.3 Å². The van der Waals surface area contributed by atoms with Crippen LogP contribution in [-0.4, -0.2) is 68.9 Å². The zero-order valence-corrected chi connectivity index (χ0v) is 18.5. The number of morpholine rings is 1. The maximum absolute atomic E-state index is 12.0. The normalized spacial score (nSPS) is 23.0. The van der Waals surface area contributed by atoms with Crippen molar-refractivity contribution in [3.63, 3.8) is 0 Å². The van der Waals surface area contributed by atoms with E-state index in [1.165, 1.54) is 0 Å². The number of rotatable bonds is 3. The number of nitrogens with two attached hydrogens (primary N) is 1. The molecule has 1 spiro atoms. The van der Waals surface area contributed by atoms with Gasteiger partial charge in [0.25, 0.3) is 5.91 Å². The molecule has 1 unspecified atom stereocenters. The molecule has 1 aromatic carbocycles. The van der Waals surface area contributed by atoms with Crippen LogP contribution in [0.1, 0.15) is 16.8 Å². The first-order valence-electron chi connectivity index (χ1n) is 10.5. The van der Waals surface area contributed by atoms with Gasteiger partial charge in [-0.1, -0.05) is 12.1 Å². The Morgan fingerprint density at radius 2 is 2.12 bits per heavy atom. The number of nitrogens with zero attached hydrogens (tertiary/aromatic N) is 4. The SMILES string of the molecule is CNC(=O)c1cccc(-c2ccc3c(N)nc(N4CCO[C@]5(CCS(=O)C5)C4)nc3n2)c1. The predicted molar refractivity (Wildman–Crippen MR) is 124 cm³/mol. The Morgan fingerprint density at radius 3 is 2.91 bits per heavy atom. The monoisotopic (exact) mass is 452 g/mol. The number of carbonyl (C=O) groups excluding carboxylic acids is 1. The predicted octanol–water partition coefficient (Wildman–Crippen LogP) is 1.36. The molecule has 5 rings (SSSR count). The number of nitrogen functional groups attached to an aromatic ring is 1. The molecule has 9 nitrogen and oxygen atoms in total. The van der Waals surface area contributed by atoms with Gasteiger partial charge in [-0.25, -0.2) is 4.98 Å². The number of pyridine rings is 1. The summed E-state index contributed by atoms with van der Waals surface area (Å²) in [5, 5.41) is 3.30. The largest absolute Gasteiger partial charge is 0.383 e. The number of fused-ring (bicyclic) bond motifs is 1. The van der Waals surface area contributed by atoms with Crippen molar-refractivity contribution in [3.05, 3.63) is 42.0 Å². The smallest absolute Gasteiger partial charge is 0.251 e. The van der Waals surface area contributed by atoms with Gasteiger partial charge in [0.2, 0.25) is 5.95 Å². The van der Waals surface area contributed by atoms with Crippen molar-refractivity contribution < 1.29 is 13.7 Å². The summed E-state index contributed by atoms with van der Waals surface area (Å²) in [7, 11) is 0.754. The van der Waals surface area contributed by atoms with Gasteiger partial charge >= 0.3 is 0 Å². The van der Waals surface area contributed by atoms with E-state index >= 15 is 0 Å². The molecule has 2 fully saturated rings. The minimum Gasteiger partial charge on any atom is -0.383 e. The molecule has 2 atom stereocenters. The second kappa shape index (κ2) is 8.10. The third-order valence-electron chi connectivity index (χ3n) is 5.97. The Hall–Kier alpha value is -3.11. The molecule has 3 aromatic rings. The van der Waals surface area contributed by atoms with Gasteiger partial charge in [-0.05, 0) is 30.7 Å². The Bertz CT molecular complexity index is 1240. The van der Waals surface area contributed by atoms with Gasteiger partial charge in [0.05, 0.1) is 35.6 Å². The van der Waals surface area contributed by atoms with Gasteiger partial charge in [0.15, 0.2) is 5.65 Å². The van der Waals surface area contributed by atoms with E-state index in [2.05, 4.69) is 10.3 Å². The molecule has 0 aliphatic carbocycles. The van der Waals surface area contributed by atoms with Crippen molar-refractivity contribution >= 4 is 39.5 Å². The summed E-state index contributed by atoms with van der Waals surface area (Å²) in [6, 6.07) is 11.0. The zero-order valence-electron chi connectivity index (χ0n) is 17.7. The van der Waals surface area contributed by atoms with Crippen LogP contribution in [0.5, 0.6) is 0 Å². The molecule has 2 aliphatic heterocycles. The van der Waals surface area contributed by atoms with Crippen LogP contribution in [0.4, 0.5) is 11.8 Å². The van der Waals surface area contributed by atoms with E-state index in [0.29, 0.717) is 65.3 Å². The summed E-state index contributed by atoms with van der Waals surface area (Å²) in [5.74, 6) is 1.90. The minimum atomic E-state index is -0.846. The first kappa shape index (κ1) is 20.8. The molecule has 10 heteroatoms. The summed E-state index contributed by atoms with van der Waals surface area (Å²) < 4.78 is 18.0. The van der Waals surface area contributed by atoms with Crippen LogP contribution in [0.2, 0.25) is 0 Å². The van der Waals surface area contributed by atoms with Crippen molar-refractivity contribution in [1.82, 2.24) is 20.3 Å². The van der Waals surface area contributed by atoms with E-state index in [-0.39, 0.29) is 5.91 Å². The second-order valence-corrected chi connectivity index (χ2v) is 9.70. The molecular formula is C22H24N6O3S. The Balaban J connectivity index is 1.50. The number of hydrogen-bond acceptors (Lipinski definition) is 8. The minimum absolute atomic E-state index is 0.157. The zero-order chi connectivity index (χ0) is 22.3. The number of anilines is 2. The van der Waals surface area contributed by atoms with E-state index in [9.17, 15) is 9.00 Å². The lowest BCUT2D eigenvalue weighted by Gasteiger charge is -2.39. The molecular weight excluding hydrogens is 428 g/mol. The molecule has 0 saturated carbocycles. The summed E-state index contributed by atoms with van der Waals surface area (Å²) in [6.45, 7) is 1.74. The number of nitrogens with one attached hydrogen (secondary N) is 1. The van der Waals surface area contributed by atoms with Gasteiger partial charge in [-0.15, -0.1) is 0 Å². The maximum Gasteiger partial charge on any atom is 0.251 e. The highest BCUT2D eigenvalue weighted by atomic mass is 32.2. The lowest BCUT2D eigenvalue weighted by atomic mass is 10.0. The van der Waals surface area contributed by atoms with Crippen molar-refractivity contribution in [2.45, 2.75) is 12.0 Å². The number of amides is 1. The quantitative estimate of drug-likeness (QED) is 0.611. The van der Waals surface area contributed by atoms with Gasteiger partial charge in [0.1, 0.15) is 5.82 Å². The van der Waals surface area contributed by atoms with E-state index in [4.69, 9.17) is 20.4 Å². The molecule has 32 heavy (non-hydrogen) atoms. The fourth-order valence-electron chi connectivity index (χ4n) is 4.28. The number of carbonyl (C=O) groups is 1. The van der Waals surface area contributed by atoms with Crippen LogP contribution in [0.15, 0.2) is 36.4 Å². The van der Waals surface area contributed by atoms with Crippen LogP contribution in [0.3, 0.4) is 0 Å². The van der Waals surface area contributed by atoms with Crippen LogP contribution < -0.4 is 16.0 Å². The van der Waals surface area contributed by atoms with Crippen LogP contribution in [0, 0.1) is 0 Å². The lowest BCUT2D eigenvalue weighted by molar-refractivity contribution is -0.0362. The van der Waals surface area contributed by atoms with Gasteiger partial charge in [-0.2, -0.15) is 9.97 Å². The van der Waals surface area contributed by atoms with Crippen molar-refractivity contribution in [2.75, 3.05) is 48.9 Å². The summed E-state index contributed by atoms with van der Waals surface area (Å²) in [5.41, 5.74) is 8.39. The average Bonchev–Trinajstić information content (AvgIpc) is 3.17. The molecule has 0 radical (unpaired) electrons. The van der Waals surface area contributed by atoms with E-state index in [1.807, 2.05) is 29.2 Å². The molecule has 2 aliphatic rings. The van der Waals surface area contributed by atoms with E-state index in [0.717, 1.165) is 12.0 Å². The third kappa shape index (κ3) is 3.80. The second-order valence-electron chi connectivity index (χ2n) is 8.13. The maximum atomic E-state index is 12.0. The Kier molecular flexibility index (Phi) is 5.26. The summed E-state index contributed by atoms with van der Waals surface area (Å²) in [6.07, 6.45) is 0.767. The van der Waals surface area contributed by atoms with Gasteiger partial charge < -0.3 is 20.7 Å². The lowest BCUT2D eigenvalue weighted by Crippen LogP contribution is -2.53. The Labute approximate surface area is 187 Å². The highest BCUT2D eigenvalue weighted by Gasteiger charge is 2.43. The number of hydrogen-bond donors (Lipinski definition) is 2. The number of ether oxygens (including phenoxy) is 1. The fourth-order valence-corrected chi connectivity index (χ4v) is 5.93. The molecule has 2 aromatic heterocycles. The molecule has 4 heterocycles. The first-order valence-corrected chi connectivity index (χ1v) is 12.0. The molecule has 1 amide bonds. The van der Waals surface area contributed by atoms with Crippen LogP contribution in [-0.2, 0) is 15.5 Å². The molecule has 166 valence electrons. The Morgan fingerprint density at radius 1 is 1.25 bits per heavy atom. The highest BCUT2D eigenvalue weighted by Crippen LogP contribution is 2.32. The summed E-state index contributed by atoms with van der Waals surface area (Å²) >= 11 is 0.